The Bertz CT molecular complexity index is 818. The molecule has 0 bridgehead atoms. The van der Waals surface area contributed by atoms with Gasteiger partial charge in [0, 0.05) is 18.2 Å². The summed E-state index contributed by atoms with van der Waals surface area (Å²) >= 11 is 0. The lowest BCUT2D eigenvalue weighted by Gasteiger charge is -2.08. The molecule has 1 amide bonds. The lowest BCUT2D eigenvalue weighted by Crippen LogP contribution is -2.13. The van der Waals surface area contributed by atoms with E-state index in [0.29, 0.717) is 6.42 Å². The highest BCUT2D eigenvalue weighted by atomic mass is 16.1. The number of imidazole rings is 1. The molecule has 118 valence electrons. The first-order valence-corrected chi connectivity index (χ1v) is 8.03. The molecule has 3 rings (SSSR count). The number of carbonyl (C=O) groups is 1. The van der Waals surface area contributed by atoms with Crippen molar-refractivity contribution in [3.63, 3.8) is 0 Å². The van der Waals surface area contributed by atoms with Gasteiger partial charge in [-0.2, -0.15) is 0 Å². The van der Waals surface area contributed by atoms with E-state index in [1.54, 1.807) is 0 Å². The maximum absolute atomic E-state index is 12.2. The molecule has 23 heavy (non-hydrogen) atoms. The fourth-order valence-electron chi connectivity index (χ4n) is 2.56. The van der Waals surface area contributed by atoms with Crippen molar-refractivity contribution in [2.24, 2.45) is 0 Å². The van der Waals surface area contributed by atoms with Crippen LogP contribution in [0, 0.1) is 6.92 Å². The number of pyridine rings is 1. The summed E-state index contributed by atoms with van der Waals surface area (Å²) in [6, 6.07) is 14.0. The van der Waals surface area contributed by atoms with Crippen molar-refractivity contribution in [3.05, 3.63) is 54.2 Å². The van der Waals surface area contributed by atoms with Crippen molar-refractivity contribution in [1.82, 2.24) is 9.38 Å². The van der Waals surface area contributed by atoms with Gasteiger partial charge in [-0.25, -0.2) is 4.98 Å². The number of aromatic nitrogens is 2. The van der Waals surface area contributed by atoms with Crippen molar-refractivity contribution in [2.45, 2.75) is 33.1 Å². The SMILES string of the molecule is CCCCC(=O)Nc1c(-c2ccc(C)cc2)nc2ccccn12. The molecule has 2 heterocycles. The predicted molar refractivity (Wildman–Crippen MR) is 93.5 cm³/mol. The standard InChI is InChI=1S/C19H21N3O/c1-3-4-8-17(23)21-19-18(15-11-9-14(2)10-12-15)20-16-7-5-6-13-22(16)19/h5-7,9-13H,3-4,8H2,1-2H3,(H,21,23). The Hall–Kier alpha value is -2.62. The Morgan fingerprint density at radius 3 is 2.70 bits per heavy atom. The average molecular weight is 307 g/mol. The highest BCUT2D eigenvalue weighted by molar-refractivity contribution is 5.94. The Kier molecular flexibility index (Phi) is 4.42. The van der Waals surface area contributed by atoms with Crippen LogP contribution in [0.4, 0.5) is 5.82 Å². The minimum Gasteiger partial charge on any atom is -0.310 e. The highest BCUT2D eigenvalue weighted by Crippen LogP contribution is 2.29. The van der Waals surface area contributed by atoms with Crippen LogP contribution in [0.15, 0.2) is 48.7 Å². The van der Waals surface area contributed by atoms with E-state index in [0.717, 1.165) is 35.6 Å². The van der Waals surface area contributed by atoms with E-state index in [9.17, 15) is 4.79 Å². The number of anilines is 1. The van der Waals surface area contributed by atoms with E-state index in [1.807, 2.05) is 40.9 Å². The first kappa shape index (κ1) is 15.3. The third-order valence-corrected chi connectivity index (χ3v) is 3.87. The van der Waals surface area contributed by atoms with Gasteiger partial charge in [0.2, 0.25) is 5.91 Å². The van der Waals surface area contributed by atoms with Gasteiger partial charge in [-0.05, 0) is 25.5 Å². The van der Waals surface area contributed by atoms with Crippen LogP contribution in [0.1, 0.15) is 31.7 Å². The zero-order chi connectivity index (χ0) is 16.2. The normalized spacial score (nSPS) is 10.9. The third kappa shape index (κ3) is 3.26. The van der Waals surface area contributed by atoms with Crippen LogP contribution < -0.4 is 5.32 Å². The summed E-state index contributed by atoms with van der Waals surface area (Å²) in [7, 11) is 0. The predicted octanol–water partition coefficient (Wildman–Crippen LogP) is 4.44. The number of carbonyl (C=O) groups excluding carboxylic acids is 1. The fraction of sp³-hybridized carbons (Fsp3) is 0.263. The first-order chi connectivity index (χ1) is 11.2. The minimum atomic E-state index is 0.0332. The number of benzene rings is 1. The molecule has 0 aliphatic carbocycles. The lowest BCUT2D eigenvalue weighted by molar-refractivity contribution is -0.116. The molecule has 0 unspecified atom stereocenters. The molecular formula is C19H21N3O. The van der Waals surface area contributed by atoms with Crippen LogP contribution in [-0.2, 0) is 4.79 Å². The summed E-state index contributed by atoms with van der Waals surface area (Å²) in [6.07, 6.45) is 4.35. The van der Waals surface area contributed by atoms with E-state index >= 15 is 0 Å². The summed E-state index contributed by atoms with van der Waals surface area (Å²) in [5, 5.41) is 3.04. The largest absolute Gasteiger partial charge is 0.310 e. The van der Waals surface area contributed by atoms with Crippen molar-refractivity contribution < 1.29 is 4.79 Å². The molecule has 0 radical (unpaired) electrons. The zero-order valence-corrected chi connectivity index (χ0v) is 13.5. The summed E-state index contributed by atoms with van der Waals surface area (Å²) in [4.78, 5) is 16.9. The lowest BCUT2D eigenvalue weighted by atomic mass is 10.1. The van der Waals surface area contributed by atoms with E-state index in [2.05, 4.69) is 31.3 Å². The number of nitrogens with zero attached hydrogens (tertiary/aromatic N) is 2. The molecule has 0 fully saturated rings. The maximum atomic E-state index is 12.2. The van der Waals surface area contributed by atoms with Gasteiger partial charge in [-0.15, -0.1) is 0 Å². The topological polar surface area (TPSA) is 46.4 Å². The summed E-state index contributed by atoms with van der Waals surface area (Å²) in [6.45, 7) is 4.14. The number of aryl methyl sites for hydroxylation is 1. The highest BCUT2D eigenvalue weighted by Gasteiger charge is 2.15. The molecular weight excluding hydrogens is 286 g/mol. The second kappa shape index (κ2) is 6.65. The van der Waals surface area contributed by atoms with Crippen molar-refractivity contribution in [3.8, 4) is 11.3 Å². The van der Waals surface area contributed by atoms with Crippen LogP contribution >= 0.6 is 0 Å². The Morgan fingerprint density at radius 1 is 1.17 bits per heavy atom. The molecule has 1 aromatic carbocycles. The van der Waals surface area contributed by atoms with Crippen LogP contribution in [0.25, 0.3) is 16.9 Å². The number of rotatable bonds is 5. The van der Waals surface area contributed by atoms with Crippen molar-refractivity contribution >= 4 is 17.4 Å². The molecule has 4 heteroatoms. The molecule has 1 N–H and O–H groups in total. The Labute approximate surface area is 136 Å². The number of unbranched alkanes of at least 4 members (excludes halogenated alkanes) is 1. The molecule has 2 aromatic heterocycles. The molecule has 0 saturated carbocycles. The first-order valence-electron chi connectivity index (χ1n) is 8.03. The van der Waals surface area contributed by atoms with Gasteiger partial charge in [0.25, 0.3) is 0 Å². The fourth-order valence-corrected chi connectivity index (χ4v) is 2.56. The molecule has 0 spiro atoms. The van der Waals surface area contributed by atoms with Crippen molar-refractivity contribution in [2.75, 3.05) is 5.32 Å². The number of fused-ring (bicyclic) bond motifs is 1. The molecule has 0 atom stereocenters. The number of hydrogen-bond acceptors (Lipinski definition) is 2. The molecule has 0 saturated heterocycles. The molecule has 3 aromatic rings. The van der Waals surface area contributed by atoms with Gasteiger partial charge in [-0.1, -0.05) is 49.2 Å². The number of hydrogen-bond donors (Lipinski definition) is 1. The van der Waals surface area contributed by atoms with Gasteiger partial charge in [0.05, 0.1) is 0 Å². The van der Waals surface area contributed by atoms with Crippen LogP contribution in [0.5, 0.6) is 0 Å². The van der Waals surface area contributed by atoms with Gasteiger partial charge >= 0.3 is 0 Å². The number of nitrogens with one attached hydrogen (secondary N) is 1. The van der Waals surface area contributed by atoms with Gasteiger partial charge in [0.1, 0.15) is 17.2 Å². The monoisotopic (exact) mass is 307 g/mol. The molecule has 0 aliphatic rings. The number of amides is 1. The van der Waals surface area contributed by atoms with E-state index < -0.39 is 0 Å². The second-order valence-corrected chi connectivity index (χ2v) is 5.76. The van der Waals surface area contributed by atoms with Gasteiger partial charge < -0.3 is 5.32 Å². The quantitative estimate of drug-likeness (QED) is 0.757. The minimum absolute atomic E-state index is 0.0332. The van der Waals surface area contributed by atoms with Gasteiger partial charge in [0.15, 0.2) is 0 Å². The van der Waals surface area contributed by atoms with E-state index in [4.69, 9.17) is 4.98 Å². The van der Waals surface area contributed by atoms with Crippen molar-refractivity contribution in [1.29, 1.82) is 0 Å². The van der Waals surface area contributed by atoms with E-state index in [-0.39, 0.29) is 5.91 Å². The van der Waals surface area contributed by atoms with Crippen LogP contribution in [-0.4, -0.2) is 15.3 Å². The molecule has 4 nitrogen and oxygen atoms in total. The Morgan fingerprint density at radius 2 is 1.96 bits per heavy atom. The van der Waals surface area contributed by atoms with E-state index in [1.165, 1.54) is 5.56 Å². The molecule has 0 aliphatic heterocycles. The summed E-state index contributed by atoms with van der Waals surface area (Å²) in [5.74, 6) is 0.774. The smallest absolute Gasteiger partial charge is 0.225 e. The van der Waals surface area contributed by atoms with Crippen LogP contribution in [0.2, 0.25) is 0 Å². The zero-order valence-electron chi connectivity index (χ0n) is 13.5. The maximum Gasteiger partial charge on any atom is 0.225 e. The third-order valence-electron chi connectivity index (χ3n) is 3.87. The summed E-state index contributed by atoms with van der Waals surface area (Å²) in [5.41, 5.74) is 3.84. The second-order valence-electron chi connectivity index (χ2n) is 5.76. The Balaban J connectivity index is 2.04. The average Bonchev–Trinajstić information content (AvgIpc) is 2.92. The summed E-state index contributed by atoms with van der Waals surface area (Å²) < 4.78 is 1.93. The van der Waals surface area contributed by atoms with Gasteiger partial charge in [-0.3, -0.25) is 9.20 Å². The van der Waals surface area contributed by atoms with Crippen LogP contribution in [0.3, 0.4) is 0 Å².